The van der Waals surface area contributed by atoms with Crippen molar-refractivity contribution < 1.29 is 13.9 Å². The molecule has 0 aromatic heterocycles. The Hall–Kier alpha value is -0.740. The third-order valence-electron chi connectivity index (χ3n) is 2.17. The minimum Gasteiger partial charge on any atom is -0.374 e. The van der Waals surface area contributed by atoms with Gasteiger partial charge in [0, 0.05) is 13.5 Å². The number of carbonyl (C=O) groups excluding carboxylic acids is 1. The van der Waals surface area contributed by atoms with Crippen molar-refractivity contribution in [3.63, 3.8) is 0 Å². The van der Waals surface area contributed by atoms with Gasteiger partial charge >= 0.3 is 0 Å². The van der Waals surface area contributed by atoms with E-state index in [9.17, 15) is 9.18 Å². The maximum Gasteiger partial charge on any atom is 0.165 e. The molecular formula is C11H12BrFO2. The number of halogens is 2. The van der Waals surface area contributed by atoms with Crippen molar-refractivity contribution in [1.82, 2.24) is 0 Å². The van der Waals surface area contributed by atoms with E-state index in [4.69, 9.17) is 4.74 Å². The molecule has 0 bridgehead atoms. The fraction of sp³-hybridized carbons (Fsp3) is 0.364. The van der Waals surface area contributed by atoms with Crippen LogP contribution in [-0.2, 0) is 16.0 Å². The van der Waals surface area contributed by atoms with Crippen LogP contribution in [0.3, 0.4) is 0 Å². The normalized spacial score (nSPS) is 12.5. The van der Waals surface area contributed by atoms with Gasteiger partial charge in [0.2, 0.25) is 0 Å². The molecule has 82 valence electrons. The van der Waals surface area contributed by atoms with Gasteiger partial charge in [0.05, 0.1) is 4.47 Å². The summed E-state index contributed by atoms with van der Waals surface area (Å²) in [7, 11) is 1.49. The van der Waals surface area contributed by atoms with Crippen LogP contribution in [0.4, 0.5) is 4.39 Å². The van der Waals surface area contributed by atoms with E-state index in [1.807, 2.05) is 0 Å². The van der Waals surface area contributed by atoms with Crippen LogP contribution in [-0.4, -0.2) is 19.0 Å². The summed E-state index contributed by atoms with van der Waals surface area (Å²) in [6, 6.07) is 4.54. The number of hydrogen-bond acceptors (Lipinski definition) is 2. The first-order valence-corrected chi connectivity index (χ1v) is 5.33. The third-order valence-corrected chi connectivity index (χ3v) is 2.78. The van der Waals surface area contributed by atoms with E-state index in [2.05, 4.69) is 15.9 Å². The highest BCUT2D eigenvalue weighted by Gasteiger charge is 2.12. The van der Waals surface area contributed by atoms with E-state index in [-0.39, 0.29) is 18.0 Å². The van der Waals surface area contributed by atoms with Gasteiger partial charge in [0.1, 0.15) is 11.9 Å². The van der Waals surface area contributed by atoms with E-state index in [0.29, 0.717) is 4.47 Å². The lowest BCUT2D eigenvalue weighted by atomic mass is 10.1. The van der Waals surface area contributed by atoms with Gasteiger partial charge in [0.15, 0.2) is 5.78 Å². The molecule has 15 heavy (non-hydrogen) atoms. The molecule has 0 aliphatic heterocycles. The fourth-order valence-electron chi connectivity index (χ4n) is 1.13. The predicted molar refractivity (Wildman–Crippen MR) is 59.3 cm³/mol. The fourth-order valence-corrected chi connectivity index (χ4v) is 1.55. The Balaban J connectivity index is 2.73. The molecule has 0 heterocycles. The van der Waals surface area contributed by atoms with Gasteiger partial charge in [-0.15, -0.1) is 0 Å². The summed E-state index contributed by atoms with van der Waals surface area (Å²) in [5.74, 6) is -0.345. The van der Waals surface area contributed by atoms with E-state index in [1.54, 1.807) is 19.1 Å². The number of carbonyl (C=O) groups is 1. The van der Waals surface area contributed by atoms with Gasteiger partial charge in [-0.25, -0.2) is 4.39 Å². The highest BCUT2D eigenvalue weighted by Crippen LogP contribution is 2.17. The van der Waals surface area contributed by atoms with Crippen LogP contribution in [0.2, 0.25) is 0 Å². The standard InChI is InChI=1S/C11H12BrFO2/c1-7(15-2)11(14)6-8-3-4-10(13)9(12)5-8/h3-5,7H,6H2,1-2H3. The Kier molecular flexibility index (Phi) is 4.42. The molecule has 1 unspecified atom stereocenters. The van der Waals surface area contributed by atoms with Gasteiger partial charge in [0.25, 0.3) is 0 Å². The molecule has 0 saturated carbocycles. The molecule has 4 heteroatoms. The van der Waals surface area contributed by atoms with Crippen molar-refractivity contribution in [2.45, 2.75) is 19.4 Å². The Labute approximate surface area is 96.6 Å². The van der Waals surface area contributed by atoms with Gasteiger partial charge in [-0.05, 0) is 40.5 Å². The average molecular weight is 275 g/mol. The van der Waals surface area contributed by atoms with Gasteiger partial charge < -0.3 is 4.74 Å². The Bertz CT molecular complexity index is 366. The number of ketones is 1. The zero-order chi connectivity index (χ0) is 11.4. The number of benzene rings is 1. The van der Waals surface area contributed by atoms with Crippen LogP contribution in [0.1, 0.15) is 12.5 Å². The molecule has 0 saturated heterocycles. The Morgan fingerprint density at radius 2 is 2.27 bits per heavy atom. The minimum atomic E-state index is -0.422. The van der Waals surface area contributed by atoms with E-state index in [1.165, 1.54) is 13.2 Å². The molecule has 0 amide bonds. The smallest absolute Gasteiger partial charge is 0.165 e. The van der Waals surface area contributed by atoms with Crippen LogP contribution in [0.25, 0.3) is 0 Å². The number of Topliss-reactive ketones (excluding diaryl/α,β-unsaturated/α-hetero) is 1. The second-order valence-corrected chi connectivity index (χ2v) is 4.12. The monoisotopic (exact) mass is 274 g/mol. The summed E-state index contributed by atoms with van der Waals surface area (Å²) in [6.07, 6.45) is -0.165. The van der Waals surface area contributed by atoms with Gasteiger partial charge in [-0.2, -0.15) is 0 Å². The van der Waals surface area contributed by atoms with Crippen molar-refractivity contribution in [1.29, 1.82) is 0 Å². The van der Waals surface area contributed by atoms with Crippen molar-refractivity contribution in [3.05, 3.63) is 34.1 Å². The topological polar surface area (TPSA) is 26.3 Å². The maximum atomic E-state index is 12.9. The van der Waals surface area contributed by atoms with Crippen molar-refractivity contribution in [2.75, 3.05) is 7.11 Å². The lowest BCUT2D eigenvalue weighted by molar-refractivity contribution is -0.127. The molecule has 0 aliphatic carbocycles. The van der Waals surface area contributed by atoms with E-state index < -0.39 is 6.10 Å². The second kappa shape index (κ2) is 5.37. The molecule has 0 spiro atoms. The Morgan fingerprint density at radius 1 is 1.60 bits per heavy atom. The SMILES string of the molecule is COC(C)C(=O)Cc1ccc(F)c(Br)c1. The first kappa shape index (κ1) is 12.3. The van der Waals surface area contributed by atoms with Crippen LogP contribution in [0.5, 0.6) is 0 Å². The van der Waals surface area contributed by atoms with Gasteiger partial charge in [-0.3, -0.25) is 4.79 Å². The quantitative estimate of drug-likeness (QED) is 0.844. The highest BCUT2D eigenvalue weighted by molar-refractivity contribution is 9.10. The summed E-state index contributed by atoms with van der Waals surface area (Å²) in [4.78, 5) is 11.5. The molecular weight excluding hydrogens is 263 g/mol. The summed E-state index contributed by atoms with van der Waals surface area (Å²) in [5.41, 5.74) is 0.775. The Morgan fingerprint density at radius 3 is 2.80 bits per heavy atom. The molecule has 1 rings (SSSR count). The zero-order valence-electron chi connectivity index (χ0n) is 8.59. The number of ether oxygens (including phenoxy) is 1. The lowest BCUT2D eigenvalue weighted by Crippen LogP contribution is -2.20. The summed E-state index contributed by atoms with van der Waals surface area (Å²) < 4.78 is 18.2. The summed E-state index contributed by atoms with van der Waals surface area (Å²) >= 11 is 3.07. The molecule has 1 aromatic carbocycles. The summed E-state index contributed by atoms with van der Waals surface area (Å²) in [5, 5.41) is 0. The number of hydrogen-bond donors (Lipinski definition) is 0. The largest absolute Gasteiger partial charge is 0.374 e. The van der Waals surface area contributed by atoms with Crippen molar-refractivity contribution >= 4 is 21.7 Å². The zero-order valence-corrected chi connectivity index (χ0v) is 10.2. The van der Waals surface area contributed by atoms with Crippen molar-refractivity contribution in [2.24, 2.45) is 0 Å². The lowest BCUT2D eigenvalue weighted by Gasteiger charge is -2.08. The van der Waals surface area contributed by atoms with Crippen LogP contribution in [0.15, 0.2) is 22.7 Å². The predicted octanol–water partition coefficient (Wildman–Crippen LogP) is 2.73. The third kappa shape index (κ3) is 3.39. The maximum absolute atomic E-state index is 12.9. The van der Waals surface area contributed by atoms with Gasteiger partial charge in [-0.1, -0.05) is 6.07 Å². The second-order valence-electron chi connectivity index (χ2n) is 3.27. The highest BCUT2D eigenvalue weighted by atomic mass is 79.9. The first-order valence-electron chi connectivity index (χ1n) is 4.54. The molecule has 1 aromatic rings. The van der Waals surface area contributed by atoms with Crippen molar-refractivity contribution in [3.8, 4) is 0 Å². The van der Waals surface area contributed by atoms with Crippen LogP contribution < -0.4 is 0 Å². The molecule has 0 N–H and O–H groups in total. The van der Waals surface area contributed by atoms with Crippen LogP contribution >= 0.6 is 15.9 Å². The molecule has 0 radical (unpaired) electrons. The summed E-state index contributed by atoms with van der Waals surface area (Å²) in [6.45, 7) is 1.70. The first-order chi connectivity index (χ1) is 7.04. The molecule has 1 atom stereocenters. The molecule has 0 aliphatic rings. The van der Waals surface area contributed by atoms with E-state index >= 15 is 0 Å². The minimum absolute atomic E-state index is 0.0176. The number of rotatable bonds is 4. The number of methoxy groups -OCH3 is 1. The molecule has 2 nitrogen and oxygen atoms in total. The average Bonchev–Trinajstić information content (AvgIpc) is 2.22. The van der Waals surface area contributed by atoms with Crippen LogP contribution in [0, 0.1) is 5.82 Å². The molecule has 0 fully saturated rings. The van der Waals surface area contributed by atoms with E-state index in [0.717, 1.165) is 5.56 Å².